The first kappa shape index (κ1) is 16.0. The number of carbonyl (C=O) groups is 2. The second-order valence-corrected chi connectivity index (χ2v) is 6.53. The van der Waals surface area contributed by atoms with Crippen molar-refractivity contribution in [3.05, 3.63) is 16.1 Å². The van der Waals surface area contributed by atoms with Crippen LogP contribution in [-0.2, 0) is 15.3 Å². The summed E-state index contributed by atoms with van der Waals surface area (Å²) in [7, 11) is 0. The zero-order valence-corrected chi connectivity index (χ0v) is 12.8. The van der Waals surface area contributed by atoms with Crippen LogP contribution >= 0.6 is 23.1 Å². The van der Waals surface area contributed by atoms with E-state index in [4.69, 9.17) is 5.11 Å². The molecule has 7 heteroatoms. The molecule has 0 aliphatic carbocycles. The Morgan fingerprint density at radius 1 is 1.53 bits per heavy atom. The fourth-order valence-corrected chi connectivity index (χ4v) is 2.90. The number of aromatic nitrogens is 1. The third kappa shape index (κ3) is 5.61. The molecule has 1 aromatic rings. The quantitative estimate of drug-likeness (QED) is 0.804. The van der Waals surface area contributed by atoms with Gasteiger partial charge < -0.3 is 10.4 Å². The highest BCUT2D eigenvalue weighted by molar-refractivity contribution is 7.99. The number of hydrogen-bond donors (Lipinski definition) is 2. The molecule has 1 atom stereocenters. The van der Waals surface area contributed by atoms with Crippen molar-refractivity contribution in [1.29, 1.82) is 0 Å². The second kappa shape index (κ2) is 7.49. The molecule has 5 nitrogen and oxygen atoms in total. The van der Waals surface area contributed by atoms with Crippen LogP contribution in [0.1, 0.15) is 24.5 Å². The summed E-state index contributed by atoms with van der Waals surface area (Å²) < 4.78 is 0. The number of carboxylic acids is 1. The molecule has 0 aliphatic rings. The molecule has 19 heavy (non-hydrogen) atoms. The molecule has 2 N–H and O–H groups in total. The van der Waals surface area contributed by atoms with Gasteiger partial charge in [0.15, 0.2) is 0 Å². The minimum Gasteiger partial charge on any atom is -0.480 e. The standard InChI is InChI=1S/C12H18N2O3S2/c1-7(2)11(12(16)17)14-10(15)6-18-4-9-5-19-8(3)13-9/h5,7,11H,4,6H2,1-3H3,(H,14,15)(H,16,17)/t11-/m1/s1. The number of carboxylic acid groups (broad SMARTS) is 1. The summed E-state index contributed by atoms with van der Waals surface area (Å²) in [5.41, 5.74) is 0.957. The molecule has 1 heterocycles. The highest BCUT2D eigenvalue weighted by Gasteiger charge is 2.23. The van der Waals surface area contributed by atoms with Crippen molar-refractivity contribution >= 4 is 35.0 Å². The van der Waals surface area contributed by atoms with Crippen LogP contribution in [0.3, 0.4) is 0 Å². The van der Waals surface area contributed by atoms with Crippen molar-refractivity contribution in [2.24, 2.45) is 5.92 Å². The lowest BCUT2D eigenvalue weighted by atomic mass is 10.1. The summed E-state index contributed by atoms with van der Waals surface area (Å²) in [5.74, 6) is -0.473. The molecule has 1 rings (SSSR count). The van der Waals surface area contributed by atoms with Crippen molar-refractivity contribution in [3.8, 4) is 0 Å². The first-order valence-corrected chi connectivity index (χ1v) is 7.94. The van der Waals surface area contributed by atoms with Crippen molar-refractivity contribution in [2.45, 2.75) is 32.6 Å². The average molecular weight is 302 g/mol. The van der Waals surface area contributed by atoms with Crippen LogP contribution in [-0.4, -0.2) is 33.8 Å². The SMILES string of the molecule is Cc1nc(CSCC(=O)N[C@@H](C(=O)O)C(C)C)cs1. The Bertz CT molecular complexity index is 446. The Labute approximate surface area is 120 Å². The molecular weight excluding hydrogens is 284 g/mol. The summed E-state index contributed by atoms with van der Waals surface area (Å²) >= 11 is 3.01. The number of aryl methyl sites for hydroxylation is 1. The maximum atomic E-state index is 11.6. The Morgan fingerprint density at radius 2 is 2.21 bits per heavy atom. The van der Waals surface area contributed by atoms with Crippen LogP contribution < -0.4 is 5.32 Å². The minimum absolute atomic E-state index is 0.132. The fraction of sp³-hybridized carbons (Fsp3) is 0.583. The monoisotopic (exact) mass is 302 g/mol. The van der Waals surface area contributed by atoms with E-state index in [9.17, 15) is 9.59 Å². The van der Waals surface area contributed by atoms with Crippen LogP contribution in [0.2, 0.25) is 0 Å². The van der Waals surface area contributed by atoms with Crippen LogP contribution in [0.5, 0.6) is 0 Å². The molecular formula is C12H18N2O3S2. The largest absolute Gasteiger partial charge is 0.480 e. The molecule has 0 fully saturated rings. The van der Waals surface area contributed by atoms with Crippen molar-refractivity contribution < 1.29 is 14.7 Å². The second-order valence-electron chi connectivity index (χ2n) is 4.48. The lowest BCUT2D eigenvalue weighted by Gasteiger charge is -2.17. The molecule has 0 saturated carbocycles. The molecule has 0 aliphatic heterocycles. The predicted molar refractivity (Wildman–Crippen MR) is 77.4 cm³/mol. The molecule has 0 bridgehead atoms. The van der Waals surface area contributed by atoms with Gasteiger partial charge in [-0.3, -0.25) is 4.79 Å². The number of nitrogens with one attached hydrogen (secondary N) is 1. The van der Waals surface area contributed by atoms with E-state index >= 15 is 0 Å². The molecule has 0 aromatic carbocycles. The third-order valence-electron chi connectivity index (χ3n) is 2.40. The molecule has 106 valence electrons. The van der Waals surface area contributed by atoms with Crippen molar-refractivity contribution in [1.82, 2.24) is 10.3 Å². The van der Waals surface area contributed by atoms with E-state index < -0.39 is 12.0 Å². The maximum absolute atomic E-state index is 11.6. The molecule has 1 amide bonds. The van der Waals surface area contributed by atoms with Crippen LogP contribution in [0.25, 0.3) is 0 Å². The number of nitrogens with zero attached hydrogens (tertiary/aromatic N) is 1. The van der Waals surface area contributed by atoms with Gasteiger partial charge in [0.1, 0.15) is 6.04 Å². The summed E-state index contributed by atoms with van der Waals surface area (Å²) in [6, 6.07) is -0.824. The van der Waals surface area contributed by atoms with E-state index in [0.29, 0.717) is 5.75 Å². The summed E-state index contributed by atoms with van der Waals surface area (Å²) in [6.45, 7) is 5.47. The van der Waals surface area contributed by atoms with Crippen molar-refractivity contribution in [2.75, 3.05) is 5.75 Å². The highest BCUT2D eigenvalue weighted by atomic mass is 32.2. The van der Waals surface area contributed by atoms with Gasteiger partial charge in [0.2, 0.25) is 5.91 Å². The number of rotatable bonds is 7. The zero-order valence-electron chi connectivity index (χ0n) is 11.2. The van der Waals surface area contributed by atoms with Gasteiger partial charge in [0.25, 0.3) is 0 Å². The Kier molecular flexibility index (Phi) is 6.30. The van der Waals surface area contributed by atoms with Gasteiger partial charge in [-0.2, -0.15) is 0 Å². The first-order valence-electron chi connectivity index (χ1n) is 5.91. The van der Waals surface area contributed by atoms with Crippen LogP contribution in [0, 0.1) is 12.8 Å². The summed E-state index contributed by atoms with van der Waals surface area (Å²) in [6.07, 6.45) is 0. The van der Waals surface area contributed by atoms with Gasteiger partial charge in [-0.15, -0.1) is 23.1 Å². The van der Waals surface area contributed by atoms with Gasteiger partial charge in [-0.05, 0) is 12.8 Å². The zero-order chi connectivity index (χ0) is 14.4. The molecule has 1 aromatic heterocycles. The van der Waals surface area contributed by atoms with E-state index in [1.165, 1.54) is 11.8 Å². The average Bonchev–Trinajstić information content (AvgIpc) is 2.71. The predicted octanol–water partition coefficient (Wildman–Crippen LogP) is 1.91. The van der Waals surface area contributed by atoms with Gasteiger partial charge in [0, 0.05) is 11.1 Å². The maximum Gasteiger partial charge on any atom is 0.326 e. The minimum atomic E-state index is -0.997. The van der Waals surface area contributed by atoms with Crippen LogP contribution in [0.15, 0.2) is 5.38 Å². The van der Waals surface area contributed by atoms with E-state index in [1.807, 2.05) is 12.3 Å². The molecule has 0 radical (unpaired) electrons. The Hall–Kier alpha value is -1.08. The van der Waals surface area contributed by atoms with Gasteiger partial charge in [0.05, 0.1) is 16.5 Å². The third-order valence-corrected chi connectivity index (χ3v) is 4.19. The van der Waals surface area contributed by atoms with Crippen molar-refractivity contribution in [3.63, 3.8) is 0 Å². The van der Waals surface area contributed by atoms with Gasteiger partial charge in [-0.1, -0.05) is 13.8 Å². The highest BCUT2D eigenvalue weighted by Crippen LogP contribution is 2.15. The first-order chi connectivity index (χ1) is 8.90. The van der Waals surface area contributed by atoms with Crippen LogP contribution in [0.4, 0.5) is 0 Å². The Morgan fingerprint density at radius 3 is 2.68 bits per heavy atom. The fourth-order valence-electron chi connectivity index (χ4n) is 1.45. The summed E-state index contributed by atoms with van der Waals surface area (Å²) in [4.78, 5) is 26.9. The molecule has 0 unspecified atom stereocenters. The van der Waals surface area contributed by atoms with E-state index in [0.717, 1.165) is 10.7 Å². The van der Waals surface area contributed by atoms with E-state index in [2.05, 4.69) is 10.3 Å². The number of carbonyl (C=O) groups excluding carboxylic acids is 1. The molecule has 0 spiro atoms. The smallest absolute Gasteiger partial charge is 0.326 e. The van der Waals surface area contributed by atoms with E-state index in [-0.39, 0.29) is 17.6 Å². The molecule has 0 saturated heterocycles. The lowest BCUT2D eigenvalue weighted by Crippen LogP contribution is -2.45. The number of hydrogen-bond acceptors (Lipinski definition) is 5. The topological polar surface area (TPSA) is 79.3 Å². The number of thioether (sulfide) groups is 1. The normalized spacial score (nSPS) is 12.4. The van der Waals surface area contributed by atoms with Gasteiger partial charge >= 0.3 is 5.97 Å². The van der Waals surface area contributed by atoms with Gasteiger partial charge in [-0.25, -0.2) is 9.78 Å². The lowest BCUT2D eigenvalue weighted by molar-refractivity contribution is -0.142. The number of thiazole rings is 1. The number of aliphatic carboxylic acids is 1. The Balaban J connectivity index is 2.33. The van der Waals surface area contributed by atoms with E-state index in [1.54, 1.807) is 25.2 Å². The summed E-state index contributed by atoms with van der Waals surface area (Å²) in [5, 5.41) is 14.5. The number of amides is 1.